The van der Waals surface area contributed by atoms with Crippen molar-refractivity contribution in [2.24, 2.45) is 0 Å². The molecular weight excluding hydrogens is 245 g/mol. The van der Waals surface area contributed by atoms with Gasteiger partial charge in [0.1, 0.15) is 5.02 Å². The summed E-state index contributed by atoms with van der Waals surface area (Å²) in [6.07, 6.45) is 1.95. The molecular formula is C11H15ClFN3O. The predicted octanol–water partition coefficient (Wildman–Crippen LogP) is 1.60. The fraction of sp³-hybridized carbons (Fsp3) is 0.455. The Balaban J connectivity index is 2.45. The quantitative estimate of drug-likeness (QED) is 0.718. The molecule has 6 heteroatoms. The molecule has 2 rings (SSSR count). The van der Waals surface area contributed by atoms with E-state index in [2.05, 4.69) is 0 Å². The van der Waals surface area contributed by atoms with E-state index in [-0.39, 0.29) is 34.7 Å². The van der Waals surface area contributed by atoms with Gasteiger partial charge >= 0.3 is 0 Å². The Hall–Kier alpha value is -1.20. The van der Waals surface area contributed by atoms with Crippen LogP contribution in [0.3, 0.4) is 0 Å². The maximum atomic E-state index is 14.1. The third-order valence-electron chi connectivity index (χ3n) is 2.85. The van der Waals surface area contributed by atoms with E-state index in [1.165, 1.54) is 6.07 Å². The Morgan fingerprint density at radius 3 is 2.59 bits per heavy atom. The zero-order chi connectivity index (χ0) is 12.6. The number of hydrogen-bond acceptors (Lipinski definition) is 4. The molecule has 1 saturated carbocycles. The minimum Gasteiger partial charge on any atom is -0.397 e. The van der Waals surface area contributed by atoms with Crippen LogP contribution in [0.4, 0.5) is 21.5 Å². The van der Waals surface area contributed by atoms with E-state index in [0.29, 0.717) is 6.54 Å². The Morgan fingerprint density at radius 1 is 1.41 bits per heavy atom. The van der Waals surface area contributed by atoms with Crippen molar-refractivity contribution in [3.63, 3.8) is 0 Å². The molecule has 1 aromatic rings. The first-order valence-electron chi connectivity index (χ1n) is 5.46. The molecule has 0 aromatic heterocycles. The molecule has 0 unspecified atom stereocenters. The van der Waals surface area contributed by atoms with Crippen LogP contribution in [-0.4, -0.2) is 24.3 Å². The zero-order valence-corrected chi connectivity index (χ0v) is 10.0. The highest BCUT2D eigenvalue weighted by atomic mass is 35.5. The summed E-state index contributed by atoms with van der Waals surface area (Å²) in [6, 6.07) is 1.69. The van der Waals surface area contributed by atoms with Gasteiger partial charge in [0.25, 0.3) is 0 Å². The summed E-state index contributed by atoms with van der Waals surface area (Å²) in [5.41, 5.74) is 12.0. The van der Waals surface area contributed by atoms with Crippen molar-refractivity contribution in [3.05, 3.63) is 16.9 Å². The predicted molar refractivity (Wildman–Crippen MR) is 67.7 cm³/mol. The number of aliphatic hydroxyl groups is 1. The van der Waals surface area contributed by atoms with Crippen LogP contribution in [0.15, 0.2) is 6.07 Å². The van der Waals surface area contributed by atoms with Gasteiger partial charge in [-0.2, -0.15) is 0 Å². The number of anilines is 3. The van der Waals surface area contributed by atoms with E-state index in [0.717, 1.165) is 12.8 Å². The van der Waals surface area contributed by atoms with E-state index in [1.807, 2.05) is 0 Å². The van der Waals surface area contributed by atoms with Crippen LogP contribution in [-0.2, 0) is 0 Å². The first-order chi connectivity index (χ1) is 8.06. The highest BCUT2D eigenvalue weighted by Crippen LogP contribution is 2.40. The van der Waals surface area contributed by atoms with Crippen LogP contribution in [0.2, 0.25) is 5.02 Å². The van der Waals surface area contributed by atoms with Crippen molar-refractivity contribution < 1.29 is 9.50 Å². The molecule has 0 heterocycles. The van der Waals surface area contributed by atoms with Crippen molar-refractivity contribution in [3.8, 4) is 0 Å². The van der Waals surface area contributed by atoms with Gasteiger partial charge in [0, 0.05) is 12.6 Å². The molecule has 94 valence electrons. The number of aliphatic hydroxyl groups excluding tert-OH is 1. The molecule has 5 N–H and O–H groups in total. The molecule has 0 saturated heterocycles. The molecule has 0 radical (unpaired) electrons. The van der Waals surface area contributed by atoms with Crippen LogP contribution in [0.5, 0.6) is 0 Å². The number of nitrogens with two attached hydrogens (primary N) is 2. The number of rotatable bonds is 4. The van der Waals surface area contributed by atoms with Crippen LogP contribution >= 0.6 is 11.6 Å². The summed E-state index contributed by atoms with van der Waals surface area (Å²) in [5.74, 6) is -0.607. The van der Waals surface area contributed by atoms with Gasteiger partial charge in [0.05, 0.1) is 23.7 Å². The summed E-state index contributed by atoms with van der Waals surface area (Å²) in [6.45, 7) is 0.281. The molecule has 0 spiro atoms. The summed E-state index contributed by atoms with van der Waals surface area (Å²) >= 11 is 5.78. The van der Waals surface area contributed by atoms with Gasteiger partial charge in [0.15, 0.2) is 5.82 Å². The fourth-order valence-electron chi connectivity index (χ4n) is 1.92. The van der Waals surface area contributed by atoms with Gasteiger partial charge in [-0.05, 0) is 18.9 Å². The first kappa shape index (κ1) is 12.3. The van der Waals surface area contributed by atoms with Crippen LogP contribution < -0.4 is 16.4 Å². The van der Waals surface area contributed by atoms with Crippen molar-refractivity contribution in [1.82, 2.24) is 0 Å². The van der Waals surface area contributed by atoms with Gasteiger partial charge in [-0.1, -0.05) is 11.6 Å². The third-order valence-corrected chi connectivity index (χ3v) is 3.24. The van der Waals surface area contributed by atoms with E-state index < -0.39 is 5.82 Å². The molecule has 1 fully saturated rings. The molecule has 0 bridgehead atoms. The lowest BCUT2D eigenvalue weighted by Gasteiger charge is -2.26. The number of benzene rings is 1. The first-order valence-corrected chi connectivity index (χ1v) is 5.84. The Morgan fingerprint density at radius 2 is 2.06 bits per heavy atom. The van der Waals surface area contributed by atoms with Crippen LogP contribution in [0.25, 0.3) is 0 Å². The lowest BCUT2D eigenvalue weighted by atomic mass is 10.2. The minimum atomic E-state index is -0.607. The molecule has 1 aliphatic carbocycles. The summed E-state index contributed by atoms with van der Waals surface area (Å²) in [7, 11) is 0. The molecule has 0 atom stereocenters. The topological polar surface area (TPSA) is 75.5 Å². The highest BCUT2D eigenvalue weighted by molar-refractivity contribution is 6.33. The third kappa shape index (κ3) is 2.25. The zero-order valence-electron chi connectivity index (χ0n) is 9.29. The number of halogens is 2. The summed E-state index contributed by atoms with van der Waals surface area (Å²) < 4.78 is 14.1. The van der Waals surface area contributed by atoms with Gasteiger partial charge in [-0.3, -0.25) is 0 Å². The summed E-state index contributed by atoms with van der Waals surface area (Å²) in [4.78, 5) is 1.76. The van der Waals surface area contributed by atoms with E-state index in [9.17, 15) is 4.39 Å². The van der Waals surface area contributed by atoms with Gasteiger partial charge in [-0.25, -0.2) is 4.39 Å². The Labute approximate surface area is 104 Å². The number of nitrogen functional groups attached to an aromatic ring is 2. The second kappa shape index (κ2) is 4.58. The number of nitrogens with zero attached hydrogens (tertiary/aromatic N) is 1. The molecule has 0 amide bonds. The van der Waals surface area contributed by atoms with Gasteiger partial charge in [0.2, 0.25) is 0 Å². The van der Waals surface area contributed by atoms with Gasteiger partial charge < -0.3 is 21.5 Å². The molecule has 1 aliphatic rings. The normalized spacial score (nSPS) is 15.0. The van der Waals surface area contributed by atoms with E-state index in [4.69, 9.17) is 28.2 Å². The molecule has 4 nitrogen and oxygen atoms in total. The lowest BCUT2D eigenvalue weighted by molar-refractivity contribution is 0.301. The van der Waals surface area contributed by atoms with Crippen LogP contribution in [0, 0.1) is 5.82 Å². The van der Waals surface area contributed by atoms with Crippen molar-refractivity contribution >= 4 is 28.7 Å². The van der Waals surface area contributed by atoms with E-state index >= 15 is 0 Å². The van der Waals surface area contributed by atoms with Crippen molar-refractivity contribution in [2.75, 3.05) is 29.5 Å². The lowest BCUT2D eigenvalue weighted by Crippen LogP contribution is -2.30. The average molecular weight is 260 g/mol. The van der Waals surface area contributed by atoms with Crippen molar-refractivity contribution in [2.45, 2.75) is 18.9 Å². The Kier molecular flexibility index (Phi) is 3.31. The second-order valence-electron chi connectivity index (χ2n) is 4.18. The maximum Gasteiger partial charge on any atom is 0.169 e. The standard InChI is InChI=1S/C11H15ClFN3O/c12-9-7(14)5-8(15)11(10(9)13)16(3-4-17)6-1-2-6/h5-6,17H,1-4,14-15H2. The van der Waals surface area contributed by atoms with E-state index in [1.54, 1.807) is 4.90 Å². The monoisotopic (exact) mass is 259 g/mol. The molecule has 0 aliphatic heterocycles. The Bertz CT molecular complexity index is 437. The number of hydrogen-bond donors (Lipinski definition) is 3. The maximum absolute atomic E-state index is 14.1. The smallest absolute Gasteiger partial charge is 0.169 e. The summed E-state index contributed by atoms with van der Waals surface area (Å²) in [5, 5.41) is 8.90. The molecule has 1 aromatic carbocycles. The largest absolute Gasteiger partial charge is 0.397 e. The molecule has 17 heavy (non-hydrogen) atoms. The highest BCUT2D eigenvalue weighted by Gasteiger charge is 2.32. The van der Waals surface area contributed by atoms with Crippen LogP contribution in [0.1, 0.15) is 12.8 Å². The average Bonchev–Trinajstić information content (AvgIpc) is 3.09. The fourth-order valence-corrected chi connectivity index (χ4v) is 2.06. The minimum absolute atomic E-state index is 0.0582. The van der Waals surface area contributed by atoms with Gasteiger partial charge in [-0.15, -0.1) is 0 Å². The SMILES string of the molecule is Nc1cc(N)c(N(CCO)C2CC2)c(F)c1Cl. The van der Waals surface area contributed by atoms with Crippen molar-refractivity contribution in [1.29, 1.82) is 0 Å². The second-order valence-corrected chi connectivity index (χ2v) is 4.56.